The molecule has 102 valence electrons. The molecule has 5 nitrogen and oxygen atoms in total. The fraction of sp³-hybridized carbons (Fsp3) is 0.692. The van der Waals surface area contributed by atoms with E-state index in [0.717, 1.165) is 12.8 Å². The second-order valence-electron chi connectivity index (χ2n) is 4.60. The summed E-state index contributed by atoms with van der Waals surface area (Å²) in [6.45, 7) is 5.87. The smallest absolute Gasteiger partial charge is 0.347 e. The normalized spacial score (nSPS) is 23.2. The van der Waals surface area contributed by atoms with Crippen LogP contribution in [0, 0.1) is 5.92 Å². The summed E-state index contributed by atoms with van der Waals surface area (Å²) in [5, 5.41) is 9.71. The van der Waals surface area contributed by atoms with E-state index in [-0.39, 0.29) is 23.7 Å². The number of Topliss-reactive ketones (excluding diaryl/α,β-unsaturated/α-hetero) is 1. The van der Waals surface area contributed by atoms with Gasteiger partial charge in [0.1, 0.15) is 11.3 Å². The van der Waals surface area contributed by atoms with Crippen LogP contribution < -0.4 is 0 Å². The molecule has 1 aliphatic rings. The second-order valence-corrected chi connectivity index (χ2v) is 4.60. The zero-order chi connectivity index (χ0) is 13.7. The van der Waals surface area contributed by atoms with Crippen molar-refractivity contribution >= 4 is 11.8 Å². The van der Waals surface area contributed by atoms with Crippen molar-refractivity contribution < 1.29 is 24.2 Å². The van der Waals surface area contributed by atoms with Gasteiger partial charge in [0.15, 0.2) is 5.78 Å². The van der Waals surface area contributed by atoms with Crippen molar-refractivity contribution in [1.82, 2.24) is 0 Å². The first-order chi connectivity index (χ1) is 8.47. The van der Waals surface area contributed by atoms with E-state index in [0.29, 0.717) is 6.61 Å². The minimum Gasteiger partial charge on any atom is -0.511 e. The molecule has 0 saturated carbocycles. The summed E-state index contributed by atoms with van der Waals surface area (Å²) in [6.07, 6.45) is 0.970. The van der Waals surface area contributed by atoms with Crippen LogP contribution in [0.15, 0.2) is 11.3 Å². The summed E-state index contributed by atoms with van der Waals surface area (Å²) < 4.78 is 10.3. The first-order valence-corrected chi connectivity index (χ1v) is 6.26. The number of allylic oxidation sites excluding steroid dienone is 1. The molecule has 1 fully saturated rings. The van der Waals surface area contributed by atoms with Gasteiger partial charge in [0, 0.05) is 5.92 Å². The number of aliphatic hydroxyl groups excluding tert-OH is 1. The molecule has 1 heterocycles. The van der Waals surface area contributed by atoms with Gasteiger partial charge in [0.25, 0.3) is 0 Å². The Kier molecular flexibility index (Phi) is 5.34. The zero-order valence-electron chi connectivity index (χ0n) is 11.1. The fourth-order valence-electron chi connectivity index (χ4n) is 1.58. The van der Waals surface area contributed by atoms with Crippen LogP contribution in [0.25, 0.3) is 0 Å². The molecule has 1 saturated heterocycles. The number of hydrogen-bond acceptors (Lipinski definition) is 5. The number of hydrogen-bond donors (Lipinski definition) is 1. The molecule has 0 aromatic carbocycles. The quantitative estimate of drug-likeness (QED) is 0.268. The number of esters is 1. The van der Waals surface area contributed by atoms with Crippen LogP contribution in [0.4, 0.5) is 0 Å². The number of ketones is 1. The molecule has 1 aliphatic heterocycles. The third-order valence-corrected chi connectivity index (χ3v) is 2.68. The van der Waals surface area contributed by atoms with Gasteiger partial charge in [-0.1, -0.05) is 27.2 Å². The van der Waals surface area contributed by atoms with E-state index in [1.165, 1.54) is 0 Å². The Balaban J connectivity index is 2.69. The molecule has 1 unspecified atom stereocenters. The van der Waals surface area contributed by atoms with Crippen LogP contribution in [0.1, 0.15) is 40.0 Å². The van der Waals surface area contributed by atoms with E-state index in [1.807, 2.05) is 6.92 Å². The minimum atomic E-state index is -0.819. The van der Waals surface area contributed by atoms with Gasteiger partial charge in [-0.05, 0) is 6.42 Å². The Morgan fingerprint density at radius 2 is 2.17 bits per heavy atom. The van der Waals surface area contributed by atoms with Crippen LogP contribution in [0.3, 0.4) is 0 Å². The van der Waals surface area contributed by atoms with Gasteiger partial charge >= 0.3 is 5.97 Å². The molecule has 0 amide bonds. The number of unbranched alkanes of at least 4 members (excludes halogenated alkanes) is 1. The summed E-state index contributed by atoms with van der Waals surface area (Å²) in [6, 6.07) is 0. The molecule has 1 N–H and O–H groups in total. The molecular weight excluding hydrogens is 236 g/mol. The molecular formula is C13H20O5. The molecule has 0 spiro atoms. The Labute approximate surface area is 107 Å². The maximum atomic E-state index is 11.8. The largest absolute Gasteiger partial charge is 0.511 e. The third kappa shape index (κ3) is 3.57. The number of rotatable bonds is 5. The van der Waals surface area contributed by atoms with Crippen molar-refractivity contribution in [2.75, 3.05) is 6.61 Å². The lowest BCUT2D eigenvalue weighted by atomic mass is 9.99. The molecule has 1 rings (SSSR count). The molecule has 0 aromatic rings. The lowest BCUT2D eigenvalue weighted by Gasteiger charge is -2.24. The van der Waals surface area contributed by atoms with E-state index in [4.69, 9.17) is 9.47 Å². The van der Waals surface area contributed by atoms with E-state index < -0.39 is 18.0 Å². The summed E-state index contributed by atoms with van der Waals surface area (Å²) in [7, 11) is 0. The molecule has 18 heavy (non-hydrogen) atoms. The van der Waals surface area contributed by atoms with E-state index >= 15 is 0 Å². The minimum absolute atomic E-state index is 0.0262. The van der Waals surface area contributed by atoms with Gasteiger partial charge in [0.2, 0.25) is 6.29 Å². The van der Waals surface area contributed by atoms with Crippen LogP contribution in [-0.2, 0) is 19.1 Å². The predicted molar refractivity (Wildman–Crippen MR) is 64.9 cm³/mol. The maximum absolute atomic E-state index is 11.8. The monoisotopic (exact) mass is 256 g/mol. The summed E-state index contributed by atoms with van der Waals surface area (Å²) in [5.41, 5.74) is -0.236. The summed E-state index contributed by atoms with van der Waals surface area (Å²) in [5.74, 6) is -1.70. The van der Waals surface area contributed by atoms with Crippen molar-refractivity contribution in [1.29, 1.82) is 0 Å². The van der Waals surface area contributed by atoms with Crippen molar-refractivity contribution in [3.05, 3.63) is 11.3 Å². The zero-order valence-corrected chi connectivity index (χ0v) is 11.1. The van der Waals surface area contributed by atoms with Gasteiger partial charge in [0.05, 0.1) is 13.0 Å². The number of carbonyl (C=O) groups is 2. The highest BCUT2D eigenvalue weighted by Crippen LogP contribution is 2.22. The highest BCUT2D eigenvalue weighted by Gasteiger charge is 2.35. The highest BCUT2D eigenvalue weighted by molar-refractivity contribution is 6.19. The lowest BCUT2D eigenvalue weighted by Crippen LogP contribution is -2.35. The molecule has 1 atom stereocenters. The van der Waals surface area contributed by atoms with E-state index in [1.54, 1.807) is 13.8 Å². The third-order valence-electron chi connectivity index (χ3n) is 2.68. The Morgan fingerprint density at radius 3 is 2.67 bits per heavy atom. The first-order valence-electron chi connectivity index (χ1n) is 6.26. The second kappa shape index (κ2) is 6.54. The molecule has 5 heteroatoms. The van der Waals surface area contributed by atoms with Crippen molar-refractivity contribution in [3.8, 4) is 0 Å². The van der Waals surface area contributed by atoms with Crippen molar-refractivity contribution in [2.45, 2.75) is 46.3 Å². The van der Waals surface area contributed by atoms with Gasteiger partial charge in [-0.15, -0.1) is 0 Å². The van der Waals surface area contributed by atoms with Crippen LogP contribution >= 0.6 is 0 Å². The first kappa shape index (κ1) is 14.7. The van der Waals surface area contributed by atoms with Crippen LogP contribution in [-0.4, -0.2) is 29.8 Å². The summed E-state index contributed by atoms with van der Waals surface area (Å²) in [4.78, 5) is 23.4. The SMILES string of the molecule is CCCCOC1CC(=O)/C(=C(\O)C(C)C)C(=O)O1. The topological polar surface area (TPSA) is 72.8 Å². The maximum Gasteiger partial charge on any atom is 0.347 e. The van der Waals surface area contributed by atoms with Gasteiger partial charge in [-0.2, -0.15) is 0 Å². The number of cyclic esters (lactones) is 1. The molecule has 0 aromatic heterocycles. The summed E-state index contributed by atoms with van der Waals surface area (Å²) >= 11 is 0. The van der Waals surface area contributed by atoms with E-state index in [2.05, 4.69) is 0 Å². The standard InChI is InChI=1S/C13H20O5/c1-4-5-6-17-10-7-9(14)11(13(16)18-10)12(15)8(2)3/h8,10,15H,4-7H2,1-3H3/b12-11+. The van der Waals surface area contributed by atoms with Crippen LogP contribution in [0.2, 0.25) is 0 Å². The average molecular weight is 256 g/mol. The molecule has 0 radical (unpaired) electrons. The van der Waals surface area contributed by atoms with Gasteiger partial charge in [-0.3, -0.25) is 4.79 Å². The number of carbonyl (C=O) groups excluding carboxylic acids is 2. The number of aliphatic hydroxyl groups is 1. The van der Waals surface area contributed by atoms with E-state index in [9.17, 15) is 14.7 Å². The Hall–Kier alpha value is -1.36. The average Bonchev–Trinajstić information content (AvgIpc) is 2.28. The van der Waals surface area contributed by atoms with Crippen LogP contribution in [0.5, 0.6) is 0 Å². The van der Waals surface area contributed by atoms with Crippen molar-refractivity contribution in [2.24, 2.45) is 5.92 Å². The Morgan fingerprint density at radius 1 is 1.50 bits per heavy atom. The number of ether oxygens (including phenoxy) is 2. The fourth-order valence-corrected chi connectivity index (χ4v) is 1.58. The van der Waals surface area contributed by atoms with Gasteiger partial charge in [-0.25, -0.2) is 4.79 Å². The lowest BCUT2D eigenvalue weighted by molar-refractivity contribution is -0.183. The van der Waals surface area contributed by atoms with Crippen molar-refractivity contribution in [3.63, 3.8) is 0 Å². The molecule has 0 aliphatic carbocycles. The predicted octanol–water partition coefficient (Wildman–Crippen LogP) is 2.11. The van der Waals surface area contributed by atoms with Gasteiger partial charge < -0.3 is 14.6 Å². The highest BCUT2D eigenvalue weighted by atomic mass is 16.7. The Bertz CT molecular complexity index is 336. The molecule has 0 bridgehead atoms.